The fourth-order valence-electron chi connectivity index (χ4n) is 3.34. The fraction of sp³-hybridized carbons (Fsp3) is 0.923. The fourth-order valence-corrected chi connectivity index (χ4v) is 3.34. The van der Waals surface area contributed by atoms with E-state index >= 15 is 0 Å². The minimum Gasteiger partial charge on any atom is -0.480 e. The van der Waals surface area contributed by atoms with Crippen LogP contribution in [0.3, 0.4) is 0 Å². The van der Waals surface area contributed by atoms with Crippen LogP contribution in [0.4, 0.5) is 0 Å². The van der Waals surface area contributed by atoms with Crippen LogP contribution < -0.4 is 0 Å². The van der Waals surface area contributed by atoms with E-state index < -0.39 is 5.97 Å². The zero-order valence-corrected chi connectivity index (χ0v) is 10.2. The van der Waals surface area contributed by atoms with Gasteiger partial charge in [-0.15, -0.1) is 0 Å². The Kier molecular flexibility index (Phi) is 3.53. The van der Waals surface area contributed by atoms with E-state index in [-0.39, 0.29) is 6.04 Å². The number of hydrogen-bond acceptors (Lipinski definition) is 2. The molecule has 1 spiro atoms. The Morgan fingerprint density at radius 2 is 2.00 bits per heavy atom. The van der Waals surface area contributed by atoms with Gasteiger partial charge in [0.2, 0.25) is 0 Å². The summed E-state index contributed by atoms with van der Waals surface area (Å²) in [7, 11) is 0. The van der Waals surface area contributed by atoms with E-state index in [0.29, 0.717) is 5.41 Å². The van der Waals surface area contributed by atoms with Crippen LogP contribution in [0.5, 0.6) is 0 Å². The summed E-state index contributed by atoms with van der Waals surface area (Å²) in [4.78, 5) is 13.4. The lowest BCUT2D eigenvalue weighted by atomic mass is 9.77. The summed E-state index contributed by atoms with van der Waals surface area (Å²) in [6.07, 6.45) is 8.28. The van der Waals surface area contributed by atoms with Gasteiger partial charge in [-0.3, -0.25) is 9.69 Å². The third kappa shape index (κ3) is 2.24. The van der Waals surface area contributed by atoms with Crippen molar-refractivity contribution in [3.05, 3.63) is 0 Å². The van der Waals surface area contributed by atoms with Gasteiger partial charge in [-0.05, 0) is 24.7 Å². The van der Waals surface area contributed by atoms with Crippen molar-refractivity contribution in [2.45, 2.75) is 57.9 Å². The average molecular weight is 225 g/mol. The van der Waals surface area contributed by atoms with Gasteiger partial charge in [0.25, 0.3) is 0 Å². The van der Waals surface area contributed by atoms with Gasteiger partial charge >= 0.3 is 5.97 Å². The Labute approximate surface area is 97.8 Å². The number of unbranched alkanes of at least 4 members (excludes halogenated alkanes) is 1. The first kappa shape index (κ1) is 11.9. The van der Waals surface area contributed by atoms with Crippen molar-refractivity contribution in [2.75, 3.05) is 13.1 Å². The molecular weight excluding hydrogens is 202 g/mol. The summed E-state index contributed by atoms with van der Waals surface area (Å²) in [6.45, 7) is 4.19. The van der Waals surface area contributed by atoms with Crippen LogP contribution in [-0.2, 0) is 4.79 Å². The van der Waals surface area contributed by atoms with Crippen LogP contribution in [0.15, 0.2) is 0 Å². The number of nitrogens with zero attached hydrogens (tertiary/aromatic N) is 1. The molecule has 1 saturated carbocycles. The van der Waals surface area contributed by atoms with Gasteiger partial charge in [-0.1, -0.05) is 32.6 Å². The molecule has 92 valence electrons. The molecule has 2 aliphatic rings. The molecule has 1 atom stereocenters. The van der Waals surface area contributed by atoms with Crippen LogP contribution in [0.1, 0.15) is 51.9 Å². The molecule has 1 heterocycles. The smallest absolute Gasteiger partial charge is 0.320 e. The van der Waals surface area contributed by atoms with Gasteiger partial charge in [0, 0.05) is 13.1 Å². The summed E-state index contributed by atoms with van der Waals surface area (Å²) in [5.74, 6) is -0.624. The first-order chi connectivity index (χ1) is 7.67. The summed E-state index contributed by atoms with van der Waals surface area (Å²) in [6, 6.07) is -0.217. The van der Waals surface area contributed by atoms with Crippen molar-refractivity contribution < 1.29 is 9.90 Å². The number of carbonyl (C=O) groups is 1. The van der Waals surface area contributed by atoms with Gasteiger partial charge in [-0.2, -0.15) is 0 Å². The first-order valence-electron chi connectivity index (χ1n) is 6.64. The number of rotatable bonds is 5. The predicted molar refractivity (Wildman–Crippen MR) is 63.4 cm³/mol. The first-order valence-corrected chi connectivity index (χ1v) is 6.64. The molecule has 3 heteroatoms. The topological polar surface area (TPSA) is 40.5 Å². The monoisotopic (exact) mass is 225 g/mol. The Balaban J connectivity index is 1.84. The van der Waals surface area contributed by atoms with Crippen LogP contribution in [0.2, 0.25) is 0 Å². The zero-order chi connectivity index (χ0) is 11.6. The second-order valence-electron chi connectivity index (χ2n) is 5.61. The highest BCUT2D eigenvalue weighted by molar-refractivity contribution is 5.73. The van der Waals surface area contributed by atoms with Gasteiger partial charge in [0.05, 0.1) is 0 Å². The lowest BCUT2D eigenvalue weighted by molar-refractivity contribution is -0.149. The molecule has 1 N–H and O–H groups in total. The summed E-state index contributed by atoms with van der Waals surface area (Å²) < 4.78 is 0. The number of likely N-dealkylation sites (tertiary alicyclic amines) is 1. The maximum absolute atomic E-state index is 11.2. The maximum Gasteiger partial charge on any atom is 0.320 e. The number of carboxylic acids is 1. The Morgan fingerprint density at radius 3 is 2.50 bits per heavy atom. The normalized spacial score (nSPS) is 25.6. The quantitative estimate of drug-likeness (QED) is 0.781. The Morgan fingerprint density at radius 1 is 1.38 bits per heavy atom. The molecule has 0 amide bonds. The van der Waals surface area contributed by atoms with Crippen LogP contribution in [0.25, 0.3) is 0 Å². The highest BCUT2D eigenvalue weighted by Gasteiger charge is 2.47. The standard InChI is InChI=1S/C13H23NO2/c1-2-3-6-11(12(15)16)14-9-13(10-14)7-4-5-8-13/h11H,2-10H2,1H3,(H,15,16). The largest absolute Gasteiger partial charge is 0.480 e. The maximum atomic E-state index is 11.2. The summed E-state index contributed by atoms with van der Waals surface area (Å²) in [5, 5.41) is 9.22. The molecular formula is C13H23NO2. The molecule has 1 aliphatic heterocycles. The Hall–Kier alpha value is -0.570. The lowest BCUT2D eigenvalue weighted by Crippen LogP contribution is -2.60. The second-order valence-corrected chi connectivity index (χ2v) is 5.61. The second kappa shape index (κ2) is 4.74. The minimum absolute atomic E-state index is 0.217. The molecule has 0 aromatic rings. The third-order valence-corrected chi connectivity index (χ3v) is 4.30. The molecule has 0 radical (unpaired) electrons. The van der Waals surface area contributed by atoms with Crippen molar-refractivity contribution >= 4 is 5.97 Å². The average Bonchev–Trinajstić information content (AvgIpc) is 2.65. The molecule has 2 fully saturated rings. The van der Waals surface area contributed by atoms with E-state index in [1.54, 1.807) is 0 Å². The van der Waals surface area contributed by atoms with Crippen LogP contribution >= 0.6 is 0 Å². The van der Waals surface area contributed by atoms with E-state index in [4.69, 9.17) is 0 Å². The molecule has 1 unspecified atom stereocenters. The molecule has 3 nitrogen and oxygen atoms in total. The van der Waals surface area contributed by atoms with Crippen molar-refractivity contribution in [1.82, 2.24) is 4.90 Å². The minimum atomic E-state index is -0.624. The third-order valence-electron chi connectivity index (χ3n) is 4.30. The highest BCUT2D eigenvalue weighted by Crippen LogP contribution is 2.46. The van der Waals surface area contributed by atoms with E-state index in [9.17, 15) is 9.90 Å². The van der Waals surface area contributed by atoms with Crippen molar-refractivity contribution in [1.29, 1.82) is 0 Å². The predicted octanol–water partition coefficient (Wildman–Crippen LogP) is 2.51. The van der Waals surface area contributed by atoms with Gasteiger partial charge in [0.1, 0.15) is 6.04 Å². The van der Waals surface area contributed by atoms with Gasteiger partial charge in [-0.25, -0.2) is 0 Å². The molecule has 2 rings (SSSR count). The number of aliphatic carboxylic acids is 1. The highest BCUT2D eigenvalue weighted by atomic mass is 16.4. The Bertz CT molecular complexity index is 251. The molecule has 0 aromatic heterocycles. The zero-order valence-electron chi connectivity index (χ0n) is 10.2. The van der Waals surface area contributed by atoms with E-state index in [2.05, 4.69) is 11.8 Å². The van der Waals surface area contributed by atoms with E-state index in [1.807, 2.05) is 0 Å². The molecule has 1 saturated heterocycles. The van der Waals surface area contributed by atoms with E-state index in [0.717, 1.165) is 32.4 Å². The van der Waals surface area contributed by atoms with Crippen molar-refractivity contribution in [3.8, 4) is 0 Å². The SMILES string of the molecule is CCCCC(C(=O)O)N1CC2(CCCC2)C1. The molecule has 16 heavy (non-hydrogen) atoms. The molecule has 0 bridgehead atoms. The van der Waals surface area contributed by atoms with Gasteiger partial charge < -0.3 is 5.11 Å². The molecule has 1 aliphatic carbocycles. The summed E-state index contributed by atoms with van der Waals surface area (Å²) >= 11 is 0. The van der Waals surface area contributed by atoms with Crippen molar-refractivity contribution in [3.63, 3.8) is 0 Å². The molecule has 0 aromatic carbocycles. The lowest BCUT2D eigenvalue weighted by Gasteiger charge is -2.50. The number of hydrogen-bond donors (Lipinski definition) is 1. The number of carboxylic acid groups (broad SMARTS) is 1. The van der Waals surface area contributed by atoms with Crippen LogP contribution in [0, 0.1) is 5.41 Å². The van der Waals surface area contributed by atoms with Crippen molar-refractivity contribution in [2.24, 2.45) is 5.41 Å². The van der Waals surface area contributed by atoms with Crippen LogP contribution in [-0.4, -0.2) is 35.1 Å². The van der Waals surface area contributed by atoms with E-state index in [1.165, 1.54) is 25.7 Å². The van der Waals surface area contributed by atoms with Gasteiger partial charge in [0.15, 0.2) is 0 Å². The summed E-state index contributed by atoms with van der Waals surface area (Å²) in [5.41, 5.74) is 0.514.